The molecule has 5 heteroatoms. The van der Waals surface area contributed by atoms with Gasteiger partial charge in [0.1, 0.15) is 0 Å². The van der Waals surface area contributed by atoms with Gasteiger partial charge in [0, 0.05) is 52.1 Å². The normalized spacial score (nSPS) is 15.1. The molecule has 146 valence electrons. The molecule has 0 spiro atoms. The van der Waals surface area contributed by atoms with Gasteiger partial charge in [-0.25, -0.2) is 0 Å². The van der Waals surface area contributed by atoms with Crippen molar-refractivity contribution in [1.82, 2.24) is 4.98 Å². The first kappa shape index (κ1) is 19.1. The Morgan fingerprint density at radius 3 is 2.82 bits per heavy atom. The number of amides is 1. The van der Waals surface area contributed by atoms with Crippen molar-refractivity contribution in [3.05, 3.63) is 64.8 Å². The van der Waals surface area contributed by atoms with Gasteiger partial charge in [0.2, 0.25) is 0 Å². The maximum absolute atomic E-state index is 12.8. The van der Waals surface area contributed by atoms with Crippen molar-refractivity contribution in [2.75, 3.05) is 18.5 Å². The molecule has 1 amide bonds. The summed E-state index contributed by atoms with van der Waals surface area (Å²) in [6.07, 6.45) is 2.25. The Morgan fingerprint density at radius 1 is 1.18 bits per heavy atom. The van der Waals surface area contributed by atoms with Gasteiger partial charge in [0.25, 0.3) is 5.91 Å². The topological polar surface area (TPSA) is 54.1 Å². The van der Waals surface area contributed by atoms with Gasteiger partial charge < -0.3 is 15.0 Å². The molecule has 1 fully saturated rings. The minimum atomic E-state index is -0.0746. The lowest BCUT2D eigenvalue weighted by Gasteiger charge is -2.21. The van der Waals surface area contributed by atoms with Gasteiger partial charge in [-0.1, -0.05) is 12.1 Å². The molecule has 4 rings (SSSR count). The monoisotopic (exact) mass is 394 g/mol. The lowest BCUT2D eigenvalue weighted by atomic mass is 10.1. The maximum atomic E-state index is 12.8. The van der Waals surface area contributed by atoms with E-state index in [1.165, 1.54) is 11.1 Å². The molecule has 0 unspecified atom stereocenters. The van der Waals surface area contributed by atoms with Crippen LogP contribution in [0, 0.1) is 13.8 Å². The summed E-state index contributed by atoms with van der Waals surface area (Å²) in [7, 11) is 0. The molecule has 0 radical (unpaired) electrons. The Balaban J connectivity index is 1.43. The summed E-state index contributed by atoms with van der Waals surface area (Å²) in [6, 6.07) is 14.0. The Kier molecular flexibility index (Phi) is 5.74. The van der Waals surface area contributed by atoms with Crippen LogP contribution in [0.5, 0.6) is 0 Å². The van der Waals surface area contributed by atoms with Crippen LogP contribution in [0.3, 0.4) is 0 Å². The summed E-state index contributed by atoms with van der Waals surface area (Å²) < 4.78 is 5.43. The highest BCUT2D eigenvalue weighted by atomic mass is 32.2. The summed E-state index contributed by atoms with van der Waals surface area (Å²) in [6.45, 7) is 5.88. The van der Waals surface area contributed by atoms with E-state index in [-0.39, 0.29) is 5.91 Å². The molecule has 3 aromatic rings. The third-order valence-corrected chi connectivity index (χ3v) is 6.85. The highest BCUT2D eigenvalue weighted by Crippen LogP contribution is 2.27. The Hall–Kier alpha value is -2.24. The van der Waals surface area contributed by atoms with Crippen LogP contribution in [0.4, 0.5) is 5.69 Å². The summed E-state index contributed by atoms with van der Waals surface area (Å²) in [5.74, 6) is 0.886. The van der Waals surface area contributed by atoms with Crippen molar-refractivity contribution in [2.45, 2.75) is 37.7 Å². The van der Waals surface area contributed by atoms with E-state index in [4.69, 9.17) is 4.74 Å². The molecule has 0 saturated carbocycles. The first-order valence-corrected chi connectivity index (χ1v) is 10.8. The highest BCUT2D eigenvalue weighted by molar-refractivity contribution is 7.99. The molecular weight excluding hydrogens is 368 g/mol. The summed E-state index contributed by atoms with van der Waals surface area (Å²) in [4.78, 5) is 16.1. The predicted octanol–water partition coefficient (Wildman–Crippen LogP) is 5.45. The van der Waals surface area contributed by atoms with Crippen LogP contribution in [0.2, 0.25) is 0 Å². The SMILES string of the molecule is Cc1[nH]c2ccc(C(=O)Nc3cccc(CSC4CCOCC4)c3)cc2c1C. The third kappa shape index (κ3) is 4.26. The van der Waals surface area contributed by atoms with Crippen LogP contribution in [0.1, 0.15) is 40.0 Å². The van der Waals surface area contributed by atoms with E-state index in [1.807, 2.05) is 42.1 Å². The molecule has 2 N–H and O–H groups in total. The van der Waals surface area contributed by atoms with Crippen LogP contribution >= 0.6 is 11.8 Å². The number of hydrogen-bond acceptors (Lipinski definition) is 3. The maximum Gasteiger partial charge on any atom is 0.255 e. The second-order valence-electron chi connectivity index (χ2n) is 7.41. The number of anilines is 1. The molecular formula is C23H26N2O2S. The fourth-order valence-electron chi connectivity index (χ4n) is 3.60. The average molecular weight is 395 g/mol. The van der Waals surface area contributed by atoms with Crippen LogP contribution in [-0.4, -0.2) is 29.4 Å². The second kappa shape index (κ2) is 8.41. The lowest BCUT2D eigenvalue weighted by Crippen LogP contribution is -2.17. The summed E-state index contributed by atoms with van der Waals surface area (Å²) in [5.41, 5.74) is 6.16. The number of benzene rings is 2. The number of aryl methyl sites for hydroxylation is 2. The van der Waals surface area contributed by atoms with E-state index < -0.39 is 0 Å². The van der Waals surface area contributed by atoms with Crippen molar-refractivity contribution in [3.8, 4) is 0 Å². The van der Waals surface area contributed by atoms with E-state index in [0.717, 1.165) is 54.1 Å². The fraction of sp³-hybridized carbons (Fsp3) is 0.348. The molecule has 28 heavy (non-hydrogen) atoms. The summed E-state index contributed by atoms with van der Waals surface area (Å²) >= 11 is 1.98. The number of H-pyrrole nitrogens is 1. The molecule has 0 bridgehead atoms. The molecule has 1 aliphatic heterocycles. The second-order valence-corrected chi connectivity index (χ2v) is 8.70. The third-order valence-electron chi connectivity index (χ3n) is 5.41. The summed E-state index contributed by atoms with van der Waals surface area (Å²) in [5, 5.41) is 4.83. The molecule has 1 aromatic heterocycles. The van der Waals surface area contributed by atoms with Crippen molar-refractivity contribution in [3.63, 3.8) is 0 Å². The smallest absolute Gasteiger partial charge is 0.255 e. The Bertz CT molecular complexity index is 989. The van der Waals surface area contributed by atoms with Gasteiger partial charge in [-0.2, -0.15) is 11.8 Å². The van der Waals surface area contributed by atoms with E-state index in [9.17, 15) is 4.79 Å². The van der Waals surface area contributed by atoms with Gasteiger partial charge in [-0.15, -0.1) is 0 Å². The number of fused-ring (bicyclic) bond motifs is 1. The van der Waals surface area contributed by atoms with E-state index in [0.29, 0.717) is 10.8 Å². The van der Waals surface area contributed by atoms with Crippen LogP contribution in [0.15, 0.2) is 42.5 Å². The number of aromatic amines is 1. The predicted molar refractivity (Wildman–Crippen MR) is 117 cm³/mol. The number of rotatable bonds is 5. The molecule has 1 saturated heterocycles. The van der Waals surface area contributed by atoms with E-state index >= 15 is 0 Å². The zero-order valence-corrected chi connectivity index (χ0v) is 17.2. The van der Waals surface area contributed by atoms with Crippen LogP contribution in [0.25, 0.3) is 10.9 Å². The van der Waals surface area contributed by atoms with Crippen molar-refractivity contribution in [2.24, 2.45) is 0 Å². The van der Waals surface area contributed by atoms with Crippen molar-refractivity contribution < 1.29 is 9.53 Å². The zero-order valence-electron chi connectivity index (χ0n) is 16.4. The first-order valence-electron chi connectivity index (χ1n) is 9.79. The standard InChI is InChI=1S/C23H26N2O2S/c1-15-16(2)24-22-7-6-18(13-21(15)22)23(26)25-19-5-3-4-17(12-19)14-28-20-8-10-27-11-9-20/h3-7,12-13,20,24H,8-11,14H2,1-2H3,(H,25,26). The fourth-order valence-corrected chi connectivity index (χ4v) is 4.73. The minimum Gasteiger partial charge on any atom is -0.381 e. The van der Waals surface area contributed by atoms with Crippen molar-refractivity contribution in [1.29, 1.82) is 0 Å². The number of ether oxygens (including phenoxy) is 1. The molecule has 1 aliphatic rings. The number of carbonyl (C=O) groups excluding carboxylic acids is 1. The number of hydrogen-bond donors (Lipinski definition) is 2. The Labute approximate surface area is 170 Å². The van der Waals surface area contributed by atoms with Crippen molar-refractivity contribution >= 4 is 34.3 Å². The lowest BCUT2D eigenvalue weighted by molar-refractivity contribution is 0.1000. The van der Waals surface area contributed by atoms with Gasteiger partial charge in [-0.3, -0.25) is 4.79 Å². The number of carbonyl (C=O) groups is 1. The molecule has 2 heterocycles. The molecule has 4 nitrogen and oxygen atoms in total. The first-order chi connectivity index (χ1) is 13.6. The average Bonchev–Trinajstić information content (AvgIpc) is 3.01. The van der Waals surface area contributed by atoms with Gasteiger partial charge >= 0.3 is 0 Å². The van der Waals surface area contributed by atoms with Crippen LogP contribution < -0.4 is 5.32 Å². The van der Waals surface area contributed by atoms with Gasteiger partial charge in [-0.05, 0) is 68.1 Å². The molecule has 2 aromatic carbocycles. The quantitative estimate of drug-likeness (QED) is 0.605. The molecule has 0 atom stereocenters. The Morgan fingerprint density at radius 2 is 2.00 bits per heavy atom. The number of thioether (sulfide) groups is 1. The van der Waals surface area contributed by atoms with E-state index in [2.05, 4.69) is 36.3 Å². The van der Waals surface area contributed by atoms with Gasteiger partial charge in [0.05, 0.1) is 0 Å². The largest absolute Gasteiger partial charge is 0.381 e. The van der Waals surface area contributed by atoms with E-state index in [1.54, 1.807) is 0 Å². The number of nitrogens with one attached hydrogen (secondary N) is 2. The molecule has 0 aliphatic carbocycles. The van der Waals surface area contributed by atoms with Crippen LogP contribution in [-0.2, 0) is 10.5 Å². The highest BCUT2D eigenvalue weighted by Gasteiger charge is 2.14. The van der Waals surface area contributed by atoms with Gasteiger partial charge in [0.15, 0.2) is 0 Å². The number of aromatic nitrogens is 1. The minimum absolute atomic E-state index is 0.0746. The zero-order chi connectivity index (χ0) is 19.5.